The Morgan fingerprint density at radius 2 is 2.00 bits per heavy atom. The molecule has 19 heavy (non-hydrogen) atoms. The highest BCUT2D eigenvalue weighted by molar-refractivity contribution is 5.17. The van der Waals surface area contributed by atoms with Crippen LogP contribution in [0.4, 0.5) is 4.39 Å². The van der Waals surface area contributed by atoms with E-state index in [1.54, 1.807) is 18.4 Å². The normalized spacial score (nSPS) is 12.8. The van der Waals surface area contributed by atoms with Crippen molar-refractivity contribution in [3.63, 3.8) is 0 Å². The first-order valence-electron chi connectivity index (χ1n) is 6.32. The molecule has 1 heterocycles. The fraction of sp³-hybridized carbons (Fsp3) is 0.333. The summed E-state index contributed by atoms with van der Waals surface area (Å²) in [4.78, 5) is 2.08. The Labute approximate surface area is 113 Å². The van der Waals surface area contributed by atoms with Crippen LogP contribution in [0.15, 0.2) is 47.1 Å². The minimum absolute atomic E-state index is 0.141. The van der Waals surface area contributed by atoms with Crippen LogP contribution in [-0.4, -0.2) is 25.5 Å². The lowest BCUT2D eigenvalue weighted by Crippen LogP contribution is -2.30. The summed E-state index contributed by atoms with van der Waals surface area (Å²) in [6.07, 6.45) is 1.67. The second-order valence-electron chi connectivity index (χ2n) is 4.72. The molecule has 0 radical (unpaired) electrons. The maximum atomic E-state index is 13.5. The van der Waals surface area contributed by atoms with E-state index in [9.17, 15) is 4.39 Å². The largest absolute Gasteiger partial charge is 0.468 e. The third kappa shape index (κ3) is 3.66. The number of hydrogen-bond donors (Lipinski definition) is 1. The highest BCUT2D eigenvalue weighted by Crippen LogP contribution is 2.17. The third-order valence-corrected chi connectivity index (χ3v) is 3.11. The van der Waals surface area contributed by atoms with Crippen LogP contribution in [0.1, 0.15) is 17.4 Å². The third-order valence-electron chi connectivity index (χ3n) is 3.11. The van der Waals surface area contributed by atoms with Crippen molar-refractivity contribution in [3.8, 4) is 0 Å². The second kappa shape index (κ2) is 6.50. The van der Waals surface area contributed by atoms with Gasteiger partial charge in [0.1, 0.15) is 11.6 Å². The predicted molar refractivity (Wildman–Crippen MR) is 73.2 cm³/mol. The highest BCUT2D eigenvalue weighted by atomic mass is 19.1. The first-order chi connectivity index (χ1) is 9.18. The highest BCUT2D eigenvalue weighted by Gasteiger charge is 2.16. The summed E-state index contributed by atoms with van der Waals surface area (Å²) in [5, 5.41) is 3.27. The summed E-state index contributed by atoms with van der Waals surface area (Å²) in [6.45, 7) is 1.21. The van der Waals surface area contributed by atoms with E-state index >= 15 is 0 Å². The van der Waals surface area contributed by atoms with Gasteiger partial charge in [-0.25, -0.2) is 4.39 Å². The summed E-state index contributed by atoms with van der Waals surface area (Å²) in [6, 6.07) is 10.8. The van der Waals surface area contributed by atoms with Crippen LogP contribution in [-0.2, 0) is 6.54 Å². The van der Waals surface area contributed by atoms with Crippen LogP contribution < -0.4 is 5.32 Å². The molecule has 0 spiro atoms. The molecule has 0 aliphatic heterocycles. The lowest BCUT2D eigenvalue weighted by Gasteiger charge is -2.22. The molecular weight excluding hydrogens is 243 g/mol. The zero-order chi connectivity index (χ0) is 13.7. The first-order valence-corrected chi connectivity index (χ1v) is 6.32. The number of nitrogens with zero attached hydrogens (tertiary/aromatic N) is 1. The van der Waals surface area contributed by atoms with Crippen LogP contribution in [0.5, 0.6) is 0 Å². The van der Waals surface area contributed by atoms with Gasteiger partial charge in [-0.3, -0.25) is 4.90 Å². The van der Waals surface area contributed by atoms with E-state index < -0.39 is 0 Å². The zero-order valence-electron chi connectivity index (χ0n) is 11.3. The van der Waals surface area contributed by atoms with Gasteiger partial charge in [-0.05, 0) is 32.3 Å². The molecule has 0 saturated heterocycles. The molecule has 3 nitrogen and oxygen atoms in total. The minimum atomic E-state index is -0.172. The van der Waals surface area contributed by atoms with Crippen molar-refractivity contribution in [3.05, 3.63) is 59.8 Å². The van der Waals surface area contributed by atoms with E-state index in [2.05, 4.69) is 10.2 Å². The van der Waals surface area contributed by atoms with Crippen molar-refractivity contribution in [2.24, 2.45) is 0 Å². The smallest absolute Gasteiger partial charge is 0.127 e. The van der Waals surface area contributed by atoms with Gasteiger partial charge in [-0.1, -0.05) is 18.2 Å². The Hall–Kier alpha value is -1.65. The van der Waals surface area contributed by atoms with Gasteiger partial charge < -0.3 is 9.73 Å². The van der Waals surface area contributed by atoms with Crippen molar-refractivity contribution < 1.29 is 8.81 Å². The quantitative estimate of drug-likeness (QED) is 0.867. The number of benzene rings is 1. The summed E-state index contributed by atoms with van der Waals surface area (Å²) in [5.74, 6) is 0.737. The maximum absolute atomic E-state index is 13.5. The fourth-order valence-electron chi connectivity index (χ4n) is 2.00. The van der Waals surface area contributed by atoms with E-state index in [0.29, 0.717) is 18.7 Å². The summed E-state index contributed by atoms with van der Waals surface area (Å²) < 4.78 is 18.9. The van der Waals surface area contributed by atoms with Crippen molar-refractivity contribution in [2.45, 2.75) is 12.6 Å². The molecule has 0 saturated carbocycles. The molecule has 1 aromatic heterocycles. The number of furan rings is 1. The summed E-state index contributed by atoms with van der Waals surface area (Å²) in [5.41, 5.74) is 0.680. The van der Waals surface area contributed by atoms with Gasteiger partial charge in [0, 0.05) is 18.7 Å². The molecule has 0 fully saturated rings. The van der Waals surface area contributed by atoms with Gasteiger partial charge in [0.05, 0.1) is 12.3 Å². The van der Waals surface area contributed by atoms with Gasteiger partial charge in [0.2, 0.25) is 0 Å². The molecule has 4 heteroatoms. The molecule has 1 N–H and O–H groups in total. The van der Waals surface area contributed by atoms with Crippen molar-refractivity contribution in [2.75, 3.05) is 20.6 Å². The van der Waals surface area contributed by atoms with Crippen LogP contribution in [0, 0.1) is 5.82 Å². The monoisotopic (exact) mass is 262 g/mol. The fourth-order valence-corrected chi connectivity index (χ4v) is 2.00. The van der Waals surface area contributed by atoms with E-state index in [-0.39, 0.29) is 11.9 Å². The van der Waals surface area contributed by atoms with E-state index in [4.69, 9.17) is 4.42 Å². The zero-order valence-corrected chi connectivity index (χ0v) is 11.3. The van der Waals surface area contributed by atoms with E-state index in [1.165, 1.54) is 6.07 Å². The van der Waals surface area contributed by atoms with E-state index in [1.807, 2.05) is 32.3 Å². The van der Waals surface area contributed by atoms with Crippen molar-refractivity contribution in [1.82, 2.24) is 10.2 Å². The van der Waals surface area contributed by atoms with Crippen LogP contribution in [0.3, 0.4) is 0 Å². The molecule has 1 atom stereocenters. The Balaban J connectivity index is 1.92. The molecule has 0 amide bonds. The van der Waals surface area contributed by atoms with Crippen LogP contribution in [0.25, 0.3) is 0 Å². The number of halogens is 1. The van der Waals surface area contributed by atoms with Gasteiger partial charge >= 0.3 is 0 Å². The van der Waals surface area contributed by atoms with Crippen LogP contribution >= 0.6 is 0 Å². The molecule has 1 aromatic carbocycles. The average molecular weight is 262 g/mol. The SMILES string of the molecule is CN(C)C(CNCc1ccccc1F)c1ccco1. The van der Waals surface area contributed by atoms with Crippen molar-refractivity contribution in [1.29, 1.82) is 0 Å². The van der Waals surface area contributed by atoms with Crippen molar-refractivity contribution >= 4 is 0 Å². The summed E-state index contributed by atoms with van der Waals surface area (Å²) >= 11 is 0. The lowest BCUT2D eigenvalue weighted by atomic mass is 10.2. The van der Waals surface area contributed by atoms with Gasteiger partial charge in [0.15, 0.2) is 0 Å². The molecule has 2 aromatic rings. The maximum Gasteiger partial charge on any atom is 0.127 e. The number of rotatable bonds is 6. The topological polar surface area (TPSA) is 28.4 Å². The minimum Gasteiger partial charge on any atom is -0.468 e. The van der Waals surface area contributed by atoms with Crippen LogP contribution in [0.2, 0.25) is 0 Å². The lowest BCUT2D eigenvalue weighted by molar-refractivity contribution is 0.250. The first kappa shape index (κ1) is 13.8. The Bertz CT molecular complexity index is 497. The molecule has 102 valence electrons. The molecule has 0 aliphatic carbocycles. The second-order valence-corrected chi connectivity index (χ2v) is 4.72. The number of hydrogen-bond acceptors (Lipinski definition) is 3. The Morgan fingerprint density at radius 1 is 1.21 bits per heavy atom. The summed E-state index contributed by atoms with van der Waals surface area (Å²) in [7, 11) is 4.00. The number of nitrogens with one attached hydrogen (secondary N) is 1. The predicted octanol–water partition coefficient (Wildman–Crippen LogP) is 2.81. The molecule has 0 aliphatic rings. The Morgan fingerprint density at radius 3 is 2.63 bits per heavy atom. The van der Waals surface area contributed by atoms with Gasteiger partial charge in [-0.15, -0.1) is 0 Å². The van der Waals surface area contributed by atoms with Gasteiger partial charge in [0.25, 0.3) is 0 Å². The molecule has 0 bridgehead atoms. The molecular formula is C15H19FN2O. The molecule has 2 rings (SSSR count). The van der Waals surface area contributed by atoms with E-state index in [0.717, 1.165) is 5.76 Å². The molecule has 1 unspecified atom stereocenters. The standard InChI is InChI=1S/C15H19FN2O/c1-18(2)14(15-8-5-9-19-15)11-17-10-12-6-3-4-7-13(12)16/h3-9,14,17H,10-11H2,1-2H3. The number of likely N-dealkylation sites (N-methyl/N-ethyl adjacent to an activating group) is 1. The average Bonchev–Trinajstić information content (AvgIpc) is 2.89. The Kier molecular flexibility index (Phi) is 4.71. The van der Waals surface area contributed by atoms with Gasteiger partial charge in [-0.2, -0.15) is 0 Å².